The summed E-state index contributed by atoms with van der Waals surface area (Å²) in [5.74, 6) is 0.634. The first-order chi connectivity index (χ1) is 11.3. The topological polar surface area (TPSA) is 100 Å². The van der Waals surface area contributed by atoms with Crippen molar-refractivity contribution in [2.75, 3.05) is 6.61 Å². The standard InChI is InChI=1S/C17H21N3O4/c1-11(21)6-7-23-16(22)20-19-14-9-17(2,3)24-15-5-4-12(10-18)8-13(14)15/h4-5,8,14,19H,6-7,9H2,1-3H3,(H,20,22). The highest BCUT2D eigenvalue weighted by atomic mass is 16.6. The zero-order valence-corrected chi connectivity index (χ0v) is 14.0. The Morgan fingerprint density at radius 2 is 2.21 bits per heavy atom. The Balaban J connectivity index is 2.03. The second kappa shape index (κ2) is 7.32. The third kappa shape index (κ3) is 4.70. The molecule has 7 nitrogen and oxygen atoms in total. The van der Waals surface area contributed by atoms with Crippen molar-refractivity contribution in [3.05, 3.63) is 29.3 Å². The minimum atomic E-state index is -0.654. The Labute approximate surface area is 140 Å². The molecule has 1 aromatic carbocycles. The van der Waals surface area contributed by atoms with Crippen molar-refractivity contribution in [1.29, 1.82) is 5.26 Å². The predicted molar refractivity (Wildman–Crippen MR) is 86.1 cm³/mol. The van der Waals surface area contributed by atoms with Gasteiger partial charge < -0.3 is 9.47 Å². The number of nitrogens with zero attached hydrogens (tertiary/aromatic N) is 1. The van der Waals surface area contributed by atoms with E-state index in [1.54, 1.807) is 18.2 Å². The van der Waals surface area contributed by atoms with Crippen LogP contribution in [0.3, 0.4) is 0 Å². The summed E-state index contributed by atoms with van der Waals surface area (Å²) < 4.78 is 10.8. The van der Waals surface area contributed by atoms with Crippen LogP contribution in [0.5, 0.6) is 5.75 Å². The molecular weight excluding hydrogens is 310 g/mol. The third-order valence-electron chi connectivity index (χ3n) is 3.63. The van der Waals surface area contributed by atoms with Crippen molar-refractivity contribution < 1.29 is 19.1 Å². The van der Waals surface area contributed by atoms with Crippen molar-refractivity contribution in [3.63, 3.8) is 0 Å². The number of ether oxygens (including phenoxy) is 2. The van der Waals surface area contributed by atoms with Crippen molar-refractivity contribution in [2.45, 2.75) is 45.3 Å². The van der Waals surface area contributed by atoms with Gasteiger partial charge >= 0.3 is 6.09 Å². The van der Waals surface area contributed by atoms with E-state index in [1.807, 2.05) is 13.8 Å². The number of ketones is 1. The molecule has 24 heavy (non-hydrogen) atoms. The normalized spacial score (nSPS) is 17.8. The number of benzene rings is 1. The Morgan fingerprint density at radius 1 is 1.46 bits per heavy atom. The van der Waals surface area contributed by atoms with E-state index in [0.29, 0.717) is 17.7 Å². The Bertz CT molecular complexity index is 679. The number of nitriles is 1. The first-order valence-corrected chi connectivity index (χ1v) is 7.71. The Morgan fingerprint density at radius 3 is 2.88 bits per heavy atom. The first-order valence-electron chi connectivity index (χ1n) is 7.71. The summed E-state index contributed by atoms with van der Waals surface area (Å²) >= 11 is 0. The van der Waals surface area contributed by atoms with Gasteiger partial charge in [-0.25, -0.2) is 10.2 Å². The van der Waals surface area contributed by atoms with E-state index in [2.05, 4.69) is 16.9 Å². The van der Waals surface area contributed by atoms with Gasteiger partial charge in [0.05, 0.1) is 17.7 Å². The zero-order chi connectivity index (χ0) is 17.7. The van der Waals surface area contributed by atoms with Crippen LogP contribution >= 0.6 is 0 Å². The summed E-state index contributed by atoms with van der Waals surface area (Å²) in [6.45, 7) is 5.38. The predicted octanol–water partition coefficient (Wildman–Crippen LogP) is 2.37. The highest BCUT2D eigenvalue weighted by Gasteiger charge is 2.34. The number of Topliss-reactive ketones (excluding diaryl/α,β-unsaturated/α-hetero) is 1. The quantitative estimate of drug-likeness (QED) is 0.803. The smallest absolute Gasteiger partial charge is 0.421 e. The fraction of sp³-hybridized carbons (Fsp3) is 0.471. The van der Waals surface area contributed by atoms with E-state index in [0.717, 1.165) is 5.56 Å². The molecule has 1 unspecified atom stereocenters. The van der Waals surface area contributed by atoms with Gasteiger partial charge in [-0.1, -0.05) is 0 Å². The summed E-state index contributed by atoms with van der Waals surface area (Å²) in [6, 6.07) is 7.06. The van der Waals surface area contributed by atoms with Crippen molar-refractivity contribution in [3.8, 4) is 11.8 Å². The fourth-order valence-electron chi connectivity index (χ4n) is 2.52. The Kier molecular flexibility index (Phi) is 5.42. The molecule has 1 heterocycles. The molecule has 1 aromatic rings. The number of rotatable bonds is 5. The third-order valence-corrected chi connectivity index (χ3v) is 3.63. The van der Waals surface area contributed by atoms with Crippen LogP contribution in [0.25, 0.3) is 0 Å². The average molecular weight is 331 g/mol. The second-order valence-electron chi connectivity index (χ2n) is 6.34. The van der Waals surface area contributed by atoms with Gasteiger partial charge in [0.1, 0.15) is 23.7 Å². The van der Waals surface area contributed by atoms with Crippen LogP contribution in [0.4, 0.5) is 4.79 Å². The summed E-state index contributed by atoms with van der Waals surface area (Å²) in [5, 5.41) is 9.06. The fourth-order valence-corrected chi connectivity index (χ4v) is 2.52. The lowest BCUT2D eigenvalue weighted by Gasteiger charge is -2.37. The van der Waals surface area contributed by atoms with Gasteiger partial charge in [0, 0.05) is 18.4 Å². The number of nitrogens with one attached hydrogen (secondary N) is 2. The minimum Gasteiger partial charge on any atom is -0.487 e. The van der Waals surface area contributed by atoms with Crippen LogP contribution in [-0.2, 0) is 9.53 Å². The molecule has 0 saturated heterocycles. The molecule has 2 rings (SSSR count). The molecule has 1 atom stereocenters. The number of amides is 1. The molecule has 2 N–H and O–H groups in total. The second-order valence-corrected chi connectivity index (χ2v) is 6.34. The zero-order valence-electron chi connectivity index (χ0n) is 14.0. The number of carbonyl (C=O) groups excluding carboxylic acids is 2. The molecule has 1 aliphatic rings. The molecule has 128 valence electrons. The number of fused-ring (bicyclic) bond motifs is 1. The number of carbonyl (C=O) groups is 2. The molecule has 0 bridgehead atoms. The van der Waals surface area contributed by atoms with E-state index in [-0.39, 0.29) is 24.9 Å². The van der Waals surface area contributed by atoms with Gasteiger partial charge in [0.25, 0.3) is 0 Å². The molecule has 0 fully saturated rings. The van der Waals surface area contributed by atoms with Gasteiger partial charge in [0.15, 0.2) is 0 Å². The lowest BCUT2D eigenvalue weighted by atomic mass is 9.89. The minimum absolute atomic E-state index is 0.0390. The molecule has 0 radical (unpaired) electrons. The molecule has 0 aromatic heterocycles. The van der Waals surface area contributed by atoms with Crippen molar-refractivity contribution in [1.82, 2.24) is 10.9 Å². The van der Waals surface area contributed by atoms with Crippen LogP contribution < -0.4 is 15.6 Å². The van der Waals surface area contributed by atoms with Crippen molar-refractivity contribution in [2.24, 2.45) is 0 Å². The largest absolute Gasteiger partial charge is 0.487 e. The van der Waals surface area contributed by atoms with Gasteiger partial charge in [-0.2, -0.15) is 5.26 Å². The summed E-state index contributed by atoms with van der Waals surface area (Å²) in [5.41, 5.74) is 6.31. The van der Waals surface area contributed by atoms with Gasteiger partial charge in [0.2, 0.25) is 0 Å². The Hall–Kier alpha value is -2.59. The van der Waals surface area contributed by atoms with E-state index >= 15 is 0 Å². The van der Waals surface area contributed by atoms with Crippen LogP contribution in [0.15, 0.2) is 18.2 Å². The SMILES string of the molecule is CC(=O)CCOC(=O)NNC1CC(C)(C)Oc2ccc(C#N)cc21. The molecule has 0 aliphatic carbocycles. The van der Waals surface area contributed by atoms with Crippen LogP contribution in [0, 0.1) is 11.3 Å². The molecule has 0 saturated carbocycles. The molecule has 1 aliphatic heterocycles. The summed E-state index contributed by atoms with van der Waals surface area (Å²) in [7, 11) is 0. The molecule has 0 spiro atoms. The monoisotopic (exact) mass is 331 g/mol. The highest BCUT2D eigenvalue weighted by Crippen LogP contribution is 2.39. The average Bonchev–Trinajstić information content (AvgIpc) is 2.51. The van der Waals surface area contributed by atoms with Gasteiger partial charge in [-0.05, 0) is 39.0 Å². The summed E-state index contributed by atoms with van der Waals surface area (Å²) in [4.78, 5) is 22.5. The van der Waals surface area contributed by atoms with Crippen LogP contribution in [0.1, 0.15) is 50.8 Å². The maximum Gasteiger partial charge on any atom is 0.421 e. The van der Waals surface area contributed by atoms with E-state index in [9.17, 15) is 9.59 Å². The van der Waals surface area contributed by atoms with Crippen LogP contribution in [0.2, 0.25) is 0 Å². The molecule has 1 amide bonds. The number of hydrogen-bond donors (Lipinski definition) is 2. The molecule has 7 heteroatoms. The van der Waals surface area contributed by atoms with E-state index < -0.39 is 11.7 Å². The van der Waals surface area contributed by atoms with Gasteiger partial charge in [-0.15, -0.1) is 0 Å². The maximum atomic E-state index is 11.7. The van der Waals surface area contributed by atoms with Crippen molar-refractivity contribution >= 4 is 11.9 Å². The number of hydrazine groups is 1. The van der Waals surface area contributed by atoms with E-state index in [4.69, 9.17) is 14.7 Å². The maximum absolute atomic E-state index is 11.7. The van der Waals surface area contributed by atoms with E-state index in [1.165, 1.54) is 6.92 Å². The van der Waals surface area contributed by atoms with Gasteiger partial charge in [-0.3, -0.25) is 10.2 Å². The molecular formula is C17H21N3O4. The highest BCUT2D eigenvalue weighted by molar-refractivity contribution is 5.76. The number of hydrogen-bond acceptors (Lipinski definition) is 6. The first kappa shape index (κ1) is 17.8. The summed E-state index contributed by atoms with van der Waals surface area (Å²) in [6.07, 6.45) is 0.132. The lowest BCUT2D eigenvalue weighted by molar-refractivity contribution is -0.117. The lowest BCUT2D eigenvalue weighted by Crippen LogP contribution is -2.46. The van der Waals surface area contributed by atoms with Crippen LogP contribution in [-0.4, -0.2) is 24.1 Å².